The molecule has 0 amide bonds. The molecular weight excluding hydrogens is 224 g/mol. The van der Waals surface area contributed by atoms with Gasteiger partial charge in [-0.1, -0.05) is 25.3 Å². The van der Waals surface area contributed by atoms with Crippen molar-refractivity contribution in [3.8, 4) is 5.75 Å². The van der Waals surface area contributed by atoms with Gasteiger partial charge in [-0.3, -0.25) is 11.3 Å². The molecule has 0 aliphatic heterocycles. The first-order valence-electron chi connectivity index (χ1n) is 6.77. The maximum Gasteiger partial charge on any atom is 0.122 e. The Labute approximate surface area is 110 Å². The van der Waals surface area contributed by atoms with Gasteiger partial charge in [0.1, 0.15) is 5.75 Å². The Kier molecular flexibility index (Phi) is 4.25. The van der Waals surface area contributed by atoms with Crippen LogP contribution in [0.3, 0.4) is 0 Å². The topological polar surface area (TPSA) is 47.3 Å². The van der Waals surface area contributed by atoms with E-state index in [0.29, 0.717) is 0 Å². The zero-order valence-corrected chi connectivity index (χ0v) is 11.6. The molecule has 0 bridgehead atoms. The summed E-state index contributed by atoms with van der Waals surface area (Å²) in [4.78, 5) is 0. The Morgan fingerprint density at radius 3 is 2.56 bits per heavy atom. The van der Waals surface area contributed by atoms with Crippen LogP contribution in [0.15, 0.2) is 12.1 Å². The van der Waals surface area contributed by atoms with Crippen LogP contribution in [0.25, 0.3) is 0 Å². The Morgan fingerprint density at radius 2 is 2.06 bits per heavy atom. The minimum atomic E-state index is 0.264. The Hall–Kier alpha value is -1.06. The summed E-state index contributed by atoms with van der Waals surface area (Å²) in [6, 6.07) is 4.58. The van der Waals surface area contributed by atoms with Crippen LogP contribution in [0.1, 0.15) is 48.4 Å². The van der Waals surface area contributed by atoms with Gasteiger partial charge < -0.3 is 4.74 Å². The van der Waals surface area contributed by atoms with Crippen LogP contribution < -0.4 is 16.0 Å². The molecule has 3 nitrogen and oxygen atoms in total. The highest BCUT2D eigenvalue weighted by atomic mass is 16.5. The van der Waals surface area contributed by atoms with Crippen LogP contribution in [0.2, 0.25) is 0 Å². The summed E-state index contributed by atoms with van der Waals surface area (Å²) in [5, 5.41) is 0. The quantitative estimate of drug-likeness (QED) is 0.622. The van der Waals surface area contributed by atoms with E-state index in [9.17, 15) is 0 Å². The van der Waals surface area contributed by atoms with E-state index in [1.54, 1.807) is 7.11 Å². The van der Waals surface area contributed by atoms with Crippen molar-refractivity contribution < 1.29 is 4.74 Å². The van der Waals surface area contributed by atoms with E-state index in [0.717, 1.165) is 18.1 Å². The van der Waals surface area contributed by atoms with Crippen LogP contribution in [-0.4, -0.2) is 7.11 Å². The minimum absolute atomic E-state index is 0.264. The lowest BCUT2D eigenvalue weighted by molar-refractivity contribution is 0.261. The summed E-state index contributed by atoms with van der Waals surface area (Å²) in [5.41, 5.74) is 6.71. The maximum absolute atomic E-state index is 5.74. The van der Waals surface area contributed by atoms with E-state index >= 15 is 0 Å². The SMILES string of the molecule is COc1cc(C)c(C(CC2CCC2)NN)cc1C. The fourth-order valence-corrected chi connectivity index (χ4v) is 2.75. The summed E-state index contributed by atoms with van der Waals surface area (Å²) in [6.07, 6.45) is 5.23. The molecule has 3 heteroatoms. The van der Waals surface area contributed by atoms with Gasteiger partial charge >= 0.3 is 0 Å². The highest BCUT2D eigenvalue weighted by molar-refractivity contribution is 5.42. The molecule has 3 N–H and O–H groups in total. The molecule has 0 saturated heterocycles. The third kappa shape index (κ3) is 2.68. The van der Waals surface area contributed by atoms with E-state index in [1.165, 1.54) is 36.0 Å². The highest BCUT2D eigenvalue weighted by Crippen LogP contribution is 2.36. The molecular formula is C15H24N2O. The van der Waals surface area contributed by atoms with Crippen molar-refractivity contribution in [2.24, 2.45) is 11.8 Å². The first kappa shape index (κ1) is 13.4. The van der Waals surface area contributed by atoms with Gasteiger partial charge in [0.05, 0.1) is 7.11 Å². The third-order valence-corrected chi connectivity index (χ3v) is 4.15. The number of rotatable bonds is 5. The molecule has 100 valence electrons. The van der Waals surface area contributed by atoms with Gasteiger partial charge in [0.15, 0.2) is 0 Å². The largest absolute Gasteiger partial charge is 0.496 e. The van der Waals surface area contributed by atoms with Gasteiger partial charge in [-0.25, -0.2) is 0 Å². The van der Waals surface area contributed by atoms with Crippen molar-refractivity contribution in [2.45, 2.75) is 45.6 Å². The Bertz CT molecular complexity index is 413. The van der Waals surface area contributed by atoms with E-state index < -0.39 is 0 Å². The second kappa shape index (κ2) is 5.72. The van der Waals surface area contributed by atoms with Crippen molar-refractivity contribution in [3.05, 3.63) is 28.8 Å². The van der Waals surface area contributed by atoms with E-state index in [4.69, 9.17) is 10.6 Å². The molecule has 0 heterocycles. The predicted octanol–water partition coefficient (Wildman–Crippen LogP) is 3.01. The fourth-order valence-electron chi connectivity index (χ4n) is 2.75. The second-order valence-electron chi connectivity index (χ2n) is 5.43. The first-order valence-corrected chi connectivity index (χ1v) is 6.77. The smallest absolute Gasteiger partial charge is 0.122 e. The fraction of sp³-hybridized carbons (Fsp3) is 0.600. The maximum atomic E-state index is 5.74. The molecule has 0 radical (unpaired) electrons. The number of aryl methyl sites for hydroxylation is 2. The van der Waals surface area contributed by atoms with E-state index in [2.05, 4.69) is 31.4 Å². The number of methoxy groups -OCH3 is 1. The standard InChI is InChI=1S/C15H24N2O/c1-10-8-15(18-3)11(2)7-13(10)14(17-16)9-12-5-4-6-12/h7-8,12,14,17H,4-6,9,16H2,1-3H3. The zero-order chi connectivity index (χ0) is 13.1. The average molecular weight is 248 g/mol. The van der Waals surface area contributed by atoms with Crippen LogP contribution in [0, 0.1) is 19.8 Å². The lowest BCUT2D eigenvalue weighted by Crippen LogP contribution is -2.31. The van der Waals surface area contributed by atoms with Crippen LogP contribution >= 0.6 is 0 Å². The summed E-state index contributed by atoms with van der Waals surface area (Å²) in [6.45, 7) is 4.21. The first-order chi connectivity index (χ1) is 8.65. The van der Waals surface area contributed by atoms with Gasteiger partial charge in [-0.05, 0) is 48.9 Å². The lowest BCUT2D eigenvalue weighted by atomic mass is 9.79. The number of ether oxygens (including phenoxy) is 1. The number of hydrogen-bond donors (Lipinski definition) is 2. The molecule has 1 atom stereocenters. The van der Waals surface area contributed by atoms with E-state index in [-0.39, 0.29) is 6.04 Å². The summed E-state index contributed by atoms with van der Waals surface area (Å²) < 4.78 is 5.36. The zero-order valence-electron chi connectivity index (χ0n) is 11.6. The monoisotopic (exact) mass is 248 g/mol. The van der Waals surface area contributed by atoms with Gasteiger partial charge in [0.25, 0.3) is 0 Å². The molecule has 1 unspecified atom stereocenters. The minimum Gasteiger partial charge on any atom is -0.496 e. The van der Waals surface area contributed by atoms with Crippen molar-refractivity contribution in [2.75, 3.05) is 7.11 Å². The highest BCUT2D eigenvalue weighted by Gasteiger charge is 2.23. The number of nitrogens with two attached hydrogens (primary N) is 1. The molecule has 18 heavy (non-hydrogen) atoms. The molecule has 1 fully saturated rings. The average Bonchev–Trinajstić information content (AvgIpc) is 2.31. The molecule has 1 aliphatic carbocycles. The molecule has 1 aliphatic rings. The second-order valence-corrected chi connectivity index (χ2v) is 5.43. The van der Waals surface area contributed by atoms with Gasteiger partial charge in [0, 0.05) is 6.04 Å². The molecule has 0 aromatic heterocycles. The molecule has 2 rings (SSSR count). The van der Waals surface area contributed by atoms with Crippen LogP contribution in [0.4, 0.5) is 0 Å². The van der Waals surface area contributed by atoms with Gasteiger partial charge in [-0.15, -0.1) is 0 Å². The molecule has 1 aromatic carbocycles. The van der Waals surface area contributed by atoms with Crippen molar-refractivity contribution in [1.29, 1.82) is 0 Å². The number of hydrazine groups is 1. The number of hydrogen-bond acceptors (Lipinski definition) is 3. The third-order valence-electron chi connectivity index (χ3n) is 4.15. The van der Waals surface area contributed by atoms with Crippen LogP contribution in [0.5, 0.6) is 5.75 Å². The molecule has 1 aromatic rings. The van der Waals surface area contributed by atoms with Crippen molar-refractivity contribution in [1.82, 2.24) is 5.43 Å². The lowest BCUT2D eigenvalue weighted by Gasteiger charge is -2.30. The molecule has 1 saturated carbocycles. The number of benzene rings is 1. The predicted molar refractivity (Wildman–Crippen MR) is 74.5 cm³/mol. The van der Waals surface area contributed by atoms with Gasteiger partial charge in [0.2, 0.25) is 0 Å². The molecule has 0 spiro atoms. The summed E-state index contributed by atoms with van der Waals surface area (Å²) in [7, 11) is 1.72. The Balaban J connectivity index is 2.21. The summed E-state index contributed by atoms with van der Waals surface area (Å²) >= 11 is 0. The van der Waals surface area contributed by atoms with Crippen molar-refractivity contribution in [3.63, 3.8) is 0 Å². The van der Waals surface area contributed by atoms with E-state index in [1.807, 2.05) is 0 Å². The normalized spacial score (nSPS) is 17.3. The van der Waals surface area contributed by atoms with Crippen molar-refractivity contribution >= 4 is 0 Å². The van der Waals surface area contributed by atoms with Gasteiger partial charge in [-0.2, -0.15) is 0 Å². The van der Waals surface area contributed by atoms with Crippen LogP contribution in [-0.2, 0) is 0 Å². The Morgan fingerprint density at radius 1 is 1.33 bits per heavy atom. The summed E-state index contributed by atoms with van der Waals surface area (Å²) in [5.74, 6) is 7.54. The number of nitrogens with one attached hydrogen (secondary N) is 1.